The number of anilines is 1. The van der Waals surface area contributed by atoms with Gasteiger partial charge in [-0.1, -0.05) is 12.1 Å². The van der Waals surface area contributed by atoms with E-state index in [4.69, 9.17) is 9.47 Å². The number of hydrogen-bond donors (Lipinski definition) is 2. The van der Waals surface area contributed by atoms with E-state index in [2.05, 4.69) is 10.3 Å². The average Bonchev–Trinajstić information content (AvgIpc) is 3.50. The Hall–Kier alpha value is -3.13. The van der Waals surface area contributed by atoms with Gasteiger partial charge in [0, 0.05) is 12.7 Å². The molecule has 1 atom stereocenters. The SMILES string of the molecule is CC(C)(O)C(C1CC1)N1Cc2cccc(NC(=O)c3ccnc4c3OCCO4)c2C1=O. The molecule has 31 heavy (non-hydrogen) atoms. The smallest absolute Gasteiger partial charge is 0.259 e. The lowest BCUT2D eigenvalue weighted by Crippen LogP contribution is -2.51. The summed E-state index contributed by atoms with van der Waals surface area (Å²) in [6.45, 7) is 4.65. The Labute approximate surface area is 180 Å². The zero-order chi connectivity index (χ0) is 21.8. The zero-order valence-corrected chi connectivity index (χ0v) is 17.6. The molecule has 1 aromatic carbocycles. The Balaban J connectivity index is 1.44. The van der Waals surface area contributed by atoms with E-state index in [0.717, 1.165) is 18.4 Å². The van der Waals surface area contributed by atoms with Crippen molar-refractivity contribution < 1.29 is 24.2 Å². The van der Waals surface area contributed by atoms with Crippen LogP contribution in [0.1, 0.15) is 53.0 Å². The first kappa shape index (κ1) is 19.8. The molecule has 1 aromatic heterocycles. The summed E-state index contributed by atoms with van der Waals surface area (Å²) in [7, 11) is 0. The molecule has 8 heteroatoms. The molecule has 1 fully saturated rings. The Bertz CT molecular complexity index is 1060. The van der Waals surface area contributed by atoms with Crippen molar-refractivity contribution in [2.24, 2.45) is 5.92 Å². The minimum absolute atomic E-state index is 0.165. The van der Waals surface area contributed by atoms with E-state index in [1.165, 1.54) is 6.20 Å². The van der Waals surface area contributed by atoms with Crippen LogP contribution in [0.3, 0.4) is 0 Å². The van der Waals surface area contributed by atoms with Gasteiger partial charge < -0.3 is 24.8 Å². The van der Waals surface area contributed by atoms with Crippen LogP contribution >= 0.6 is 0 Å². The second-order valence-electron chi connectivity index (χ2n) is 8.85. The summed E-state index contributed by atoms with van der Waals surface area (Å²) in [6, 6.07) is 6.75. The molecule has 1 saturated carbocycles. The van der Waals surface area contributed by atoms with Crippen molar-refractivity contribution >= 4 is 17.5 Å². The highest BCUT2D eigenvalue weighted by molar-refractivity contribution is 6.11. The van der Waals surface area contributed by atoms with Gasteiger partial charge in [0.1, 0.15) is 13.2 Å². The number of fused-ring (bicyclic) bond motifs is 2. The molecule has 3 aliphatic rings. The molecule has 162 valence electrons. The van der Waals surface area contributed by atoms with Crippen LogP contribution in [0.2, 0.25) is 0 Å². The van der Waals surface area contributed by atoms with E-state index in [0.29, 0.717) is 48.2 Å². The summed E-state index contributed by atoms with van der Waals surface area (Å²) in [5.74, 6) is 0.336. The number of ether oxygens (including phenoxy) is 2. The van der Waals surface area contributed by atoms with Gasteiger partial charge in [0.15, 0.2) is 5.75 Å². The highest BCUT2D eigenvalue weighted by Crippen LogP contribution is 2.44. The molecule has 5 rings (SSSR count). The van der Waals surface area contributed by atoms with Crippen LogP contribution in [-0.2, 0) is 6.54 Å². The van der Waals surface area contributed by atoms with Gasteiger partial charge in [-0.25, -0.2) is 4.98 Å². The first-order valence-corrected chi connectivity index (χ1v) is 10.6. The summed E-state index contributed by atoms with van der Waals surface area (Å²) in [4.78, 5) is 32.3. The van der Waals surface area contributed by atoms with Crippen LogP contribution in [0, 0.1) is 5.92 Å². The van der Waals surface area contributed by atoms with E-state index in [-0.39, 0.29) is 17.8 Å². The third kappa shape index (κ3) is 3.50. The van der Waals surface area contributed by atoms with Gasteiger partial charge in [-0.3, -0.25) is 9.59 Å². The lowest BCUT2D eigenvalue weighted by atomic mass is 9.93. The van der Waals surface area contributed by atoms with Gasteiger partial charge in [0.25, 0.3) is 17.7 Å². The van der Waals surface area contributed by atoms with Crippen LogP contribution in [0.25, 0.3) is 0 Å². The van der Waals surface area contributed by atoms with Gasteiger partial charge in [-0.2, -0.15) is 0 Å². The number of nitrogens with one attached hydrogen (secondary N) is 1. The fourth-order valence-corrected chi connectivity index (χ4v) is 4.66. The number of benzene rings is 1. The van der Waals surface area contributed by atoms with Crippen molar-refractivity contribution in [3.63, 3.8) is 0 Å². The predicted molar refractivity (Wildman–Crippen MR) is 112 cm³/mol. The monoisotopic (exact) mass is 423 g/mol. The number of aliphatic hydroxyl groups is 1. The number of aromatic nitrogens is 1. The van der Waals surface area contributed by atoms with E-state index in [9.17, 15) is 14.7 Å². The number of amides is 2. The summed E-state index contributed by atoms with van der Waals surface area (Å²) in [5.41, 5.74) is 1.06. The summed E-state index contributed by atoms with van der Waals surface area (Å²) < 4.78 is 11.1. The predicted octanol–water partition coefficient (Wildman–Crippen LogP) is 2.61. The molecule has 2 amide bonds. The highest BCUT2D eigenvalue weighted by atomic mass is 16.6. The van der Waals surface area contributed by atoms with Crippen LogP contribution in [0.5, 0.6) is 11.6 Å². The van der Waals surface area contributed by atoms with E-state index >= 15 is 0 Å². The number of rotatable bonds is 5. The highest BCUT2D eigenvalue weighted by Gasteiger charge is 2.48. The second kappa shape index (κ2) is 7.23. The maximum Gasteiger partial charge on any atom is 0.259 e. The lowest BCUT2D eigenvalue weighted by Gasteiger charge is -2.37. The molecule has 1 unspecified atom stereocenters. The van der Waals surface area contributed by atoms with Crippen molar-refractivity contribution in [2.45, 2.75) is 44.9 Å². The molecule has 0 spiro atoms. The van der Waals surface area contributed by atoms with Gasteiger partial charge in [0.2, 0.25) is 0 Å². The molecule has 2 aromatic rings. The Morgan fingerprint density at radius 1 is 1.26 bits per heavy atom. The molecular weight excluding hydrogens is 398 g/mol. The third-order valence-corrected chi connectivity index (χ3v) is 6.03. The Kier molecular flexibility index (Phi) is 4.62. The van der Waals surface area contributed by atoms with Crippen LogP contribution in [0.4, 0.5) is 5.69 Å². The Morgan fingerprint density at radius 3 is 2.77 bits per heavy atom. The quantitative estimate of drug-likeness (QED) is 0.767. The summed E-state index contributed by atoms with van der Waals surface area (Å²) >= 11 is 0. The second-order valence-corrected chi connectivity index (χ2v) is 8.85. The first-order valence-electron chi connectivity index (χ1n) is 10.6. The standard InChI is InChI=1S/C23H25N3O5/c1-23(2,29)19(13-6-7-13)26-12-14-4-3-5-16(17(14)22(26)28)25-20(27)15-8-9-24-21-18(15)30-10-11-31-21/h3-5,8-9,13,19,29H,6-7,10-12H2,1-2H3,(H,25,27). The van der Waals surface area contributed by atoms with Gasteiger partial charge in [-0.15, -0.1) is 0 Å². The normalized spacial score (nSPS) is 18.5. The van der Waals surface area contributed by atoms with E-state index in [1.807, 2.05) is 12.1 Å². The molecule has 0 saturated heterocycles. The summed E-state index contributed by atoms with van der Waals surface area (Å²) in [6.07, 6.45) is 3.51. The Morgan fingerprint density at radius 2 is 2.03 bits per heavy atom. The molecule has 0 bridgehead atoms. The molecule has 2 N–H and O–H groups in total. The van der Waals surface area contributed by atoms with E-state index < -0.39 is 11.5 Å². The average molecular weight is 423 g/mol. The topological polar surface area (TPSA) is 101 Å². The number of carbonyl (C=O) groups excluding carboxylic acids is 2. The minimum Gasteiger partial charge on any atom is -0.484 e. The maximum atomic E-state index is 13.4. The maximum absolute atomic E-state index is 13.4. The molecule has 3 heterocycles. The van der Waals surface area contributed by atoms with Crippen LogP contribution in [0.15, 0.2) is 30.5 Å². The minimum atomic E-state index is -1.00. The van der Waals surface area contributed by atoms with Crippen LogP contribution < -0.4 is 14.8 Å². The van der Waals surface area contributed by atoms with E-state index in [1.54, 1.807) is 30.9 Å². The van der Waals surface area contributed by atoms with Gasteiger partial charge in [0.05, 0.1) is 28.5 Å². The van der Waals surface area contributed by atoms with Crippen molar-refractivity contribution in [3.05, 3.63) is 47.2 Å². The van der Waals surface area contributed by atoms with Crippen molar-refractivity contribution in [3.8, 4) is 11.6 Å². The fourth-order valence-electron chi connectivity index (χ4n) is 4.66. The summed E-state index contributed by atoms with van der Waals surface area (Å²) in [5, 5.41) is 13.6. The largest absolute Gasteiger partial charge is 0.484 e. The number of nitrogens with zero attached hydrogens (tertiary/aromatic N) is 2. The van der Waals surface area contributed by atoms with Gasteiger partial charge in [-0.05, 0) is 50.3 Å². The van der Waals surface area contributed by atoms with Crippen molar-refractivity contribution in [2.75, 3.05) is 18.5 Å². The number of carbonyl (C=O) groups is 2. The zero-order valence-electron chi connectivity index (χ0n) is 17.6. The molecule has 1 aliphatic carbocycles. The third-order valence-electron chi connectivity index (χ3n) is 6.03. The lowest BCUT2D eigenvalue weighted by molar-refractivity contribution is -0.0224. The molecule has 8 nitrogen and oxygen atoms in total. The van der Waals surface area contributed by atoms with Crippen LogP contribution in [-0.4, -0.2) is 51.7 Å². The molecule has 2 aliphatic heterocycles. The number of pyridine rings is 1. The fraction of sp³-hybridized carbons (Fsp3) is 0.435. The molecular formula is C23H25N3O5. The van der Waals surface area contributed by atoms with Crippen molar-refractivity contribution in [1.82, 2.24) is 9.88 Å². The number of hydrogen-bond acceptors (Lipinski definition) is 6. The first-order chi connectivity index (χ1) is 14.8. The van der Waals surface area contributed by atoms with Gasteiger partial charge >= 0.3 is 0 Å². The van der Waals surface area contributed by atoms with Crippen molar-refractivity contribution in [1.29, 1.82) is 0 Å². The molecule has 0 radical (unpaired) electrons.